The molecule has 0 saturated carbocycles. The fraction of sp³-hybridized carbons (Fsp3) is 0.0588. The Kier molecular flexibility index (Phi) is 4.13. The van der Waals surface area contributed by atoms with Gasteiger partial charge >= 0.3 is 0 Å². The van der Waals surface area contributed by atoms with Crippen LogP contribution in [0.2, 0.25) is 5.02 Å². The molecule has 22 heavy (non-hydrogen) atoms. The Balaban J connectivity index is 1.88. The molecule has 3 rings (SSSR count). The molecule has 1 aromatic heterocycles. The van der Waals surface area contributed by atoms with Crippen molar-refractivity contribution < 1.29 is 9.50 Å². The van der Waals surface area contributed by atoms with Gasteiger partial charge in [-0.05, 0) is 29.8 Å². The molecule has 0 fully saturated rings. The molecule has 5 heteroatoms. The van der Waals surface area contributed by atoms with E-state index in [2.05, 4.69) is 9.97 Å². The molecule has 0 aliphatic heterocycles. The van der Waals surface area contributed by atoms with Crippen molar-refractivity contribution in [2.45, 2.75) is 6.10 Å². The predicted octanol–water partition coefficient (Wildman–Crippen LogP) is 4.02. The van der Waals surface area contributed by atoms with Crippen molar-refractivity contribution in [3.8, 4) is 11.4 Å². The lowest BCUT2D eigenvalue weighted by molar-refractivity contribution is 0.219. The molecule has 1 atom stereocenters. The normalized spacial score (nSPS) is 12.1. The molecule has 110 valence electrons. The van der Waals surface area contributed by atoms with E-state index in [1.165, 1.54) is 24.3 Å². The summed E-state index contributed by atoms with van der Waals surface area (Å²) in [7, 11) is 0. The van der Waals surface area contributed by atoms with E-state index in [-0.39, 0.29) is 5.82 Å². The Labute approximate surface area is 132 Å². The van der Waals surface area contributed by atoms with E-state index in [4.69, 9.17) is 11.6 Å². The van der Waals surface area contributed by atoms with Gasteiger partial charge in [0.2, 0.25) is 0 Å². The highest BCUT2D eigenvalue weighted by Crippen LogP contribution is 2.26. The summed E-state index contributed by atoms with van der Waals surface area (Å²) in [5, 5.41) is 10.8. The average Bonchev–Trinajstić information content (AvgIpc) is 2.56. The predicted molar refractivity (Wildman–Crippen MR) is 82.9 cm³/mol. The smallest absolute Gasteiger partial charge is 0.160 e. The zero-order valence-electron chi connectivity index (χ0n) is 11.4. The van der Waals surface area contributed by atoms with E-state index in [9.17, 15) is 9.50 Å². The molecule has 3 nitrogen and oxygen atoms in total. The molecule has 0 spiro atoms. The summed E-state index contributed by atoms with van der Waals surface area (Å²) in [4.78, 5) is 8.49. The minimum absolute atomic E-state index is 0.346. The molecule has 1 N–H and O–H groups in total. The Morgan fingerprint density at radius 2 is 1.55 bits per heavy atom. The quantitative estimate of drug-likeness (QED) is 0.794. The Morgan fingerprint density at radius 1 is 0.909 bits per heavy atom. The van der Waals surface area contributed by atoms with Crippen LogP contribution in [0.4, 0.5) is 4.39 Å². The largest absolute Gasteiger partial charge is 0.384 e. The van der Waals surface area contributed by atoms with Gasteiger partial charge in [0.05, 0.1) is 5.02 Å². The van der Waals surface area contributed by atoms with Gasteiger partial charge in [-0.3, -0.25) is 0 Å². The first-order chi connectivity index (χ1) is 10.6. The number of hydrogen-bond donors (Lipinski definition) is 1. The number of halogens is 2. The van der Waals surface area contributed by atoms with Crippen molar-refractivity contribution in [3.63, 3.8) is 0 Å². The fourth-order valence-corrected chi connectivity index (χ4v) is 2.32. The maximum absolute atomic E-state index is 12.9. The van der Waals surface area contributed by atoms with Crippen LogP contribution in [0.15, 0.2) is 60.9 Å². The maximum atomic E-state index is 12.9. The number of rotatable bonds is 3. The highest BCUT2D eigenvalue weighted by molar-refractivity contribution is 6.33. The van der Waals surface area contributed by atoms with E-state index in [1.54, 1.807) is 18.5 Å². The molecule has 2 aromatic carbocycles. The molecule has 0 amide bonds. The van der Waals surface area contributed by atoms with E-state index in [0.717, 1.165) is 5.56 Å². The van der Waals surface area contributed by atoms with Crippen molar-refractivity contribution in [2.75, 3.05) is 0 Å². The van der Waals surface area contributed by atoms with Crippen LogP contribution in [0.25, 0.3) is 11.4 Å². The topological polar surface area (TPSA) is 46.0 Å². The number of hydrogen-bond acceptors (Lipinski definition) is 3. The first-order valence-corrected chi connectivity index (χ1v) is 7.03. The Morgan fingerprint density at radius 3 is 2.18 bits per heavy atom. The lowest BCUT2D eigenvalue weighted by Gasteiger charge is -2.11. The summed E-state index contributed by atoms with van der Waals surface area (Å²) in [5.41, 5.74) is 1.84. The summed E-state index contributed by atoms with van der Waals surface area (Å²) >= 11 is 6.11. The van der Waals surface area contributed by atoms with Crippen LogP contribution in [-0.4, -0.2) is 15.1 Å². The Bertz CT molecular complexity index is 775. The Hall–Kier alpha value is -2.30. The first kappa shape index (κ1) is 14.6. The van der Waals surface area contributed by atoms with Crippen LogP contribution in [0.5, 0.6) is 0 Å². The molecule has 0 aliphatic carbocycles. The van der Waals surface area contributed by atoms with Crippen LogP contribution in [0.3, 0.4) is 0 Å². The van der Waals surface area contributed by atoms with Gasteiger partial charge in [0.1, 0.15) is 11.9 Å². The van der Waals surface area contributed by atoms with Crippen LogP contribution < -0.4 is 0 Å². The number of nitrogens with zero attached hydrogens (tertiary/aromatic N) is 2. The number of aliphatic hydroxyl groups is 1. The molecular formula is C17H12ClFN2O. The minimum atomic E-state index is -0.902. The van der Waals surface area contributed by atoms with Crippen molar-refractivity contribution in [1.29, 1.82) is 0 Å². The molecule has 0 radical (unpaired) electrons. The summed E-state index contributed by atoms with van der Waals surface area (Å²) in [6.45, 7) is 0. The minimum Gasteiger partial charge on any atom is -0.384 e. The summed E-state index contributed by atoms with van der Waals surface area (Å²) in [6.07, 6.45) is 2.18. The second-order valence-electron chi connectivity index (χ2n) is 4.77. The van der Waals surface area contributed by atoms with Gasteiger partial charge in [0.15, 0.2) is 5.82 Å². The van der Waals surface area contributed by atoms with Gasteiger partial charge in [-0.25, -0.2) is 14.4 Å². The number of aliphatic hydroxyl groups excluding tert-OH is 1. The highest BCUT2D eigenvalue weighted by atomic mass is 35.5. The SMILES string of the molecule is OC(c1ccc(F)cc1)c1cnc(-c2ccccc2Cl)nc1. The van der Waals surface area contributed by atoms with Gasteiger partial charge in [-0.2, -0.15) is 0 Å². The third-order valence-electron chi connectivity index (χ3n) is 3.29. The second-order valence-corrected chi connectivity index (χ2v) is 5.18. The van der Waals surface area contributed by atoms with Crippen molar-refractivity contribution >= 4 is 11.6 Å². The third kappa shape index (κ3) is 2.98. The molecule has 1 unspecified atom stereocenters. The van der Waals surface area contributed by atoms with Crippen molar-refractivity contribution in [3.05, 3.63) is 82.9 Å². The summed E-state index contributed by atoms with van der Waals surface area (Å²) in [5.74, 6) is 0.141. The van der Waals surface area contributed by atoms with E-state index in [0.29, 0.717) is 22.0 Å². The molecule has 0 bridgehead atoms. The fourth-order valence-electron chi connectivity index (χ4n) is 2.10. The van der Waals surface area contributed by atoms with Gasteiger partial charge in [-0.15, -0.1) is 0 Å². The van der Waals surface area contributed by atoms with E-state index >= 15 is 0 Å². The average molecular weight is 315 g/mol. The van der Waals surface area contributed by atoms with Gasteiger partial charge in [0, 0.05) is 23.5 Å². The van der Waals surface area contributed by atoms with Gasteiger partial charge in [0.25, 0.3) is 0 Å². The first-order valence-electron chi connectivity index (χ1n) is 6.65. The van der Waals surface area contributed by atoms with Crippen LogP contribution in [0.1, 0.15) is 17.2 Å². The number of benzene rings is 2. The van der Waals surface area contributed by atoms with E-state index in [1.807, 2.05) is 18.2 Å². The molecular weight excluding hydrogens is 303 g/mol. The molecule has 0 aliphatic rings. The zero-order chi connectivity index (χ0) is 15.5. The number of aromatic nitrogens is 2. The molecule has 3 aromatic rings. The third-order valence-corrected chi connectivity index (χ3v) is 3.62. The monoisotopic (exact) mass is 314 g/mol. The van der Waals surface area contributed by atoms with E-state index < -0.39 is 6.10 Å². The zero-order valence-corrected chi connectivity index (χ0v) is 12.2. The van der Waals surface area contributed by atoms with Gasteiger partial charge in [-0.1, -0.05) is 35.9 Å². The summed E-state index contributed by atoms with van der Waals surface area (Å²) in [6, 6.07) is 12.9. The lowest BCUT2D eigenvalue weighted by Crippen LogP contribution is -2.02. The van der Waals surface area contributed by atoms with Gasteiger partial charge < -0.3 is 5.11 Å². The van der Waals surface area contributed by atoms with Crippen LogP contribution in [0, 0.1) is 5.82 Å². The second kappa shape index (κ2) is 6.22. The summed E-state index contributed by atoms with van der Waals surface area (Å²) < 4.78 is 12.9. The lowest BCUT2D eigenvalue weighted by atomic mass is 10.0. The van der Waals surface area contributed by atoms with Crippen LogP contribution in [-0.2, 0) is 0 Å². The highest BCUT2D eigenvalue weighted by Gasteiger charge is 2.13. The standard InChI is InChI=1S/C17H12ClFN2O/c18-15-4-2-1-3-14(15)17-20-9-12(10-21-17)16(22)11-5-7-13(19)8-6-11/h1-10,16,22H. The van der Waals surface area contributed by atoms with Crippen molar-refractivity contribution in [1.82, 2.24) is 9.97 Å². The molecule has 1 heterocycles. The van der Waals surface area contributed by atoms with Crippen LogP contribution >= 0.6 is 11.6 Å². The van der Waals surface area contributed by atoms with Crippen molar-refractivity contribution in [2.24, 2.45) is 0 Å². The maximum Gasteiger partial charge on any atom is 0.160 e. The molecule has 0 saturated heterocycles.